The van der Waals surface area contributed by atoms with Crippen molar-refractivity contribution in [3.63, 3.8) is 0 Å². The summed E-state index contributed by atoms with van der Waals surface area (Å²) < 4.78 is 3.58. The fourth-order valence-corrected chi connectivity index (χ4v) is 3.40. The van der Waals surface area contributed by atoms with E-state index in [1.54, 1.807) is 35.5 Å². The number of imidazole rings is 1. The topological polar surface area (TPSA) is 81.7 Å². The fraction of sp³-hybridized carbons (Fsp3) is 0.389. The molecule has 3 aromatic rings. The molecule has 0 aromatic carbocycles. The number of amides is 1. The van der Waals surface area contributed by atoms with E-state index in [2.05, 4.69) is 15.1 Å². The van der Waals surface area contributed by atoms with Crippen LogP contribution in [-0.2, 0) is 20.5 Å². The molecule has 1 saturated heterocycles. The minimum Gasteiger partial charge on any atom is -0.337 e. The highest BCUT2D eigenvalue weighted by atomic mass is 16.2. The Morgan fingerprint density at radius 3 is 2.88 bits per heavy atom. The maximum Gasteiger partial charge on any atom is 0.274 e. The number of aromatic nitrogens is 6. The summed E-state index contributed by atoms with van der Waals surface area (Å²) in [5.41, 5.74) is 2.21. The molecule has 0 spiro atoms. The summed E-state index contributed by atoms with van der Waals surface area (Å²) in [6.07, 6.45) is 10.7. The molecule has 0 radical (unpaired) electrons. The van der Waals surface area contributed by atoms with E-state index in [4.69, 9.17) is 4.98 Å². The third-order valence-corrected chi connectivity index (χ3v) is 4.74. The zero-order valence-corrected chi connectivity index (χ0v) is 14.9. The van der Waals surface area contributed by atoms with E-state index in [-0.39, 0.29) is 5.91 Å². The van der Waals surface area contributed by atoms with Crippen LogP contribution >= 0.6 is 0 Å². The molecule has 0 aliphatic carbocycles. The van der Waals surface area contributed by atoms with Crippen LogP contribution in [0.4, 0.5) is 0 Å². The van der Waals surface area contributed by atoms with E-state index >= 15 is 0 Å². The van der Waals surface area contributed by atoms with Crippen molar-refractivity contribution < 1.29 is 4.79 Å². The molecule has 0 N–H and O–H groups in total. The van der Waals surface area contributed by atoms with E-state index in [0.29, 0.717) is 11.6 Å². The van der Waals surface area contributed by atoms with Crippen molar-refractivity contribution in [2.75, 3.05) is 13.1 Å². The maximum atomic E-state index is 12.5. The highest BCUT2D eigenvalue weighted by Gasteiger charge is 2.28. The number of hydrogen-bond acceptors (Lipinski definition) is 5. The molecule has 4 rings (SSSR count). The van der Waals surface area contributed by atoms with Crippen molar-refractivity contribution in [2.45, 2.75) is 12.8 Å². The third kappa shape index (κ3) is 3.22. The molecule has 0 unspecified atom stereocenters. The number of rotatable bonds is 4. The first-order valence-corrected chi connectivity index (χ1v) is 8.67. The predicted molar refractivity (Wildman–Crippen MR) is 95.2 cm³/mol. The van der Waals surface area contributed by atoms with E-state index in [1.807, 2.05) is 29.8 Å². The molecule has 1 fully saturated rings. The van der Waals surface area contributed by atoms with E-state index in [0.717, 1.165) is 43.1 Å². The number of carbonyl (C=O) groups is 1. The van der Waals surface area contributed by atoms with Crippen LogP contribution in [0.3, 0.4) is 0 Å². The lowest BCUT2D eigenvalue weighted by Crippen LogP contribution is -2.29. The Labute approximate surface area is 151 Å². The summed E-state index contributed by atoms with van der Waals surface area (Å²) in [4.78, 5) is 27.7. The monoisotopic (exact) mass is 351 g/mol. The highest BCUT2D eigenvalue weighted by molar-refractivity contribution is 5.92. The standard InChI is InChI=1S/C18H21N7O/c1-23-8-5-20-17(23)16-11-19-10-14(21-16)9-13-3-7-25(12-13)18(26)15-4-6-24(2)22-15/h4-6,8,10-11,13H,3,7,9,12H2,1-2H3/t13-/m1/s1. The molecule has 134 valence electrons. The van der Waals surface area contributed by atoms with Crippen molar-refractivity contribution in [1.29, 1.82) is 0 Å². The second-order valence-electron chi connectivity index (χ2n) is 6.74. The first-order valence-electron chi connectivity index (χ1n) is 8.67. The molecule has 1 aliphatic rings. The average molecular weight is 351 g/mol. The minimum absolute atomic E-state index is 0.000875. The third-order valence-electron chi connectivity index (χ3n) is 4.74. The first-order chi connectivity index (χ1) is 12.6. The molecular formula is C18H21N7O. The second-order valence-corrected chi connectivity index (χ2v) is 6.74. The van der Waals surface area contributed by atoms with Crippen LogP contribution in [-0.4, -0.2) is 53.2 Å². The number of hydrogen-bond donors (Lipinski definition) is 0. The zero-order valence-electron chi connectivity index (χ0n) is 14.9. The second kappa shape index (κ2) is 6.70. The fourth-order valence-electron chi connectivity index (χ4n) is 3.40. The largest absolute Gasteiger partial charge is 0.337 e. The Morgan fingerprint density at radius 2 is 2.15 bits per heavy atom. The van der Waals surface area contributed by atoms with Crippen LogP contribution in [0.1, 0.15) is 22.6 Å². The normalized spacial score (nSPS) is 17.0. The van der Waals surface area contributed by atoms with Gasteiger partial charge >= 0.3 is 0 Å². The van der Waals surface area contributed by atoms with E-state index in [1.165, 1.54) is 0 Å². The Balaban J connectivity index is 1.43. The molecule has 4 heterocycles. The predicted octanol–water partition coefficient (Wildman–Crippen LogP) is 1.32. The molecule has 1 aliphatic heterocycles. The van der Waals surface area contributed by atoms with Gasteiger partial charge in [0.1, 0.15) is 11.4 Å². The van der Waals surface area contributed by atoms with E-state index < -0.39 is 0 Å². The molecule has 0 bridgehead atoms. The van der Waals surface area contributed by atoms with Gasteiger partial charge in [0.15, 0.2) is 5.82 Å². The van der Waals surface area contributed by atoms with Crippen LogP contribution in [0, 0.1) is 5.92 Å². The van der Waals surface area contributed by atoms with Gasteiger partial charge in [-0.2, -0.15) is 5.10 Å². The average Bonchev–Trinajstić information content (AvgIpc) is 3.36. The molecule has 8 heteroatoms. The Kier molecular flexibility index (Phi) is 4.24. The summed E-state index contributed by atoms with van der Waals surface area (Å²) in [6.45, 7) is 1.48. The van der Waals surface area contributed by atoms with Crippen LogP contribution in [0.25, 0.3) is 11.5 Å². The van der Waals surface area contributed by atoms with Gasteiger partial charge < -0.3 is 9.47 Å². The van der Waals surface area contributed by atoms with Crippen molar-refractivity contribution in [1.82, 2.24) is 34.2 Å². The van der Waals surface area contributed by atoms with Gasteiger partial charge in [0, 0.05) is 52.0 Å². The minimum atomic E-state index is 0.000875. The summed E-state index contributed by atoms with van der Waals surface area (Å²) in [5, 5.41) is 4.21. The van der Waals surface area contributed by atoms with Gasteiger partial charge in [-0.3, -0.25) is 14.5 Å². The highest BCUT2D eigenvalue weighted by Crippen LogP contribution is 2.22. The smallest absolute Gasteiger partial charge is 0.274 e. The number of carbonyl (C=O) groups excluding carboxylic acids is 1. The van der Waals surface area contributed by atoms with Gasteiger partial charge in [-0.1, -0.05) is 0 Å². The van der Waals surface area contributed by atoms with Crippen LogP contribution in [0.5, 0.6) is 0 Å². The Bertz CT molecular complexity index is 929. The Hall–Kier alpha value is -3.03. The number of aryl methyl sites for hydroxylation is 2. The molecule has 1 atom stereocenters. The van der Waals surface area contributed by atoms with Crippen LogP contribution in [0.2, 0.25) is 0 Å². The van der Waals surface area contributed by atoms with Crippen molar-refractivity contribution >= 4 is 5.91 Å². The molecule has 3 aromatic heterocycles. The zero-order chi connectivity index (χ0) is 18.1. The first kappa shape index (κ1) is 16.4. The van der Waals surface area contributed by atoms with Crippen LogP contribution < -0.4 is 0 Å². The molecular weight excluding hydrogens is 330 g/mol. The summed E-state index contributed by atoms with van der Waals surface area (Å²) in [6, 6.07) is 1.76. The van der Waals surface area contributed by atoms with Crippen molar-refractivity contribution in [3.05, 3.63) is 48.4 Å². The van der Waals surface area contributed by atoms with Gasteiger partial charge in [0.2, 0.25) is 0 Å². The van der Waals surface area contributed by atoms with Crippen LogP contribution in [0.15, 0.2) is 37.1 Å². The van der Waals surface area contributed by atoms with Gasteiger partial charge in [-0.05, 0) is 24.8 Å². The van der Waals surface area contributed by atoms with Gasteiger partial charge in [0.25, 0.3) is 5.91 Å². The molecule has 0 saturated carbocycles. The maximum absolute atomic E-state index is 12.5. The molecule has 26 heavy (non-hydrogen) atoms. The number of likely N-dealkylation sites (tertiary alicyclic amines) is 1. The van der Waals surface area contributed by atoms with Crippen molar-refractivity contribution in [3.8, 4) is 11.5 Å². The SMILES string of the molecule is Cn1ccc(C(=O)N2CC[C@H](Cc3cncc(-c4nccn4C)n3)C2)n1. The molecule has 1 amide bonds. The lowest BCUT2D eigenvalue weighted by Gasteiger charge is -2.15. The van der Waals surface area contributed by atoms with Gasteiger partial charge in [0.05, 0.1) is 11.9 Å². The lowest BCUT2D eigenvalue weighted by atomic mass is 10.0. The van der Waals surface area contributed by atoms with E-state index in [9.17, 15) is 4.79 Å². The lowest BCUT2D eigenvalue weighted by molar-refractivity contribution is 0.0780. The quantitative estimate of drug-likeness (QED) is 0.708. The number of nitrogens with zero attached hydrogens (tertiary/aromatic N) is 7. The van der Waals surface area contributed by atoms with Crippen molar-refractivity contribution in [2.24, 2.45) is 20.0 Å². The summed E-state index contributed by atoms with van der Waals surface area (Å²) >= 11 is 0. The Morgan fingerprint density at radius 1 is 1.27 bits per heavy atom. The summed E-state index contributed by atoms with van der Waals surface area (Å²) in [5.74, 6) is 1.19. The van der Waals surface area contributed by atoms with Gasteiger partial charge in [-0.25, -0.2) is 9.97 Å². The summed E-state index contributed by atoms with van der Waals surface area (Å²) in [7, 11) is 3.76. The van der Waals surface area contributed by atoms with Gasteiger partial charge in [-0.15, -0.1) is 0 Å². The molecule has 8 nitrogen and oxygen atoms in total.